The highest BCUT2D eigenvalue weighted by atomic mass is 32.1. The molecule has 0 radical (unpaired) electrons. The molecule has 1 aliphatic rings. The molecule has 6 nitrogen and oxygen atoms in total. The van der Waals surface area contributed by atoms with Crippen LogP contribution in [0.3, 0.4) is 0 Å². The SMILES string of the molecule is C=C(C#N)CN1Cc2c(-c3ccc4[nH]nc(-c5csc(C)c5)c4c3)ccc(N)c2C1=O.CC.CC. The van der Waals surface area contributed by atoms with Gasteiger partial charge in [0.25, 0.3) is 5.91 Å². The predicted octanol–water partition coefficient (Wildman–Crippen LogP) is 6.94. The van der Waals surface area contributed by atoms with E-state index in [2.05, 4.69) is 41.2 Å². The Morgan fingerprint density at radius 3 is 2.60 bits per heavy atom. The summed E-state index contributed by atoms with van der Waals surface area (Å²) in [5, 5.41) is 19.8. The van der Waals surface area contributed by atoms with Crippen LogP contribution in [-0.2, 0) is 6.54 Å². The summed E-state index contributed by atoms with van der Waals surface area (Å²) in [5.41, 5.74) is 13.3. The number of amides is 1. The lowest BCUT2D eigenvalue weighted by molar-refractivity contribution is 0.0794. The maximum Gasteiger partial charge on any atom is 0.256 e. The van der Waals surface area contributed by atoms with E-state index in [0.29, 0.717) is 23.4 Å². The van der Waals surface area contributed by atoms with Gasteiger partial charge < -0.3 is 10.6 Å². The number of H-pyrrole nitrogens is 1. The fourth-order valence-electron chi connectivity index (χ4n) is 4.14. The molecule has 0 spiro atoms. The Kier molecular flexibility index (Phi) is 8.10. The zero-order valence-corrected chi connectivity index (χ0v) is 21.7. The summed E-state index contributed by atoms with van der Waals surface area (Å²) in [6, 6.07) is 14.0. The molecule has 7 heteroatoms. The average Bonchev–Trinajstić information content (AvgIpc) is 3.59. The molecule has 180 valence electrons. The van der Waals surface area contributed by atoms with Crippen LogP contribution in [0.1, 0.15) is 48.5 Å². The van der Waals surface area contributed by atoms with Gasteiger partial charge in [-0.1, -0.05) is 46.4 Å². The molecule has 5 rings (SSSR count). The fraction of sp³-hybridized carbons (Fsp3) is 0.250. The van der Waals surface area contributed by atoms with Crippen LogP contribution in [0.5, 0.6) is 0 Å². The highest BCUT2D eigenvalue weighted by Gasteiger charge is 2.32. The van der Waals surface area contributed by atoms with Crippen LogP contribution in [-0.4, -0.2) is 27.5 Å². The van der Waals surface area contributed by atoms with Gasteiger partial charge in [0.05, 0.1) is 23.7 Å². The molecule has 0 saturated heterocycles. The molecule has 0 bridgehead atoms. The smallest absolute Gasteiger partial charge is 0.256 e. The number of anilines is 1. The average molecular weight is 486 g/mol. The molecule has 0 atom stereocenters. The van der Waals surface area contributed by atoms with E-state index in [-0.39, 0.29) is 12.5 Å². The lowest BCUT2D eigenvalue weighted by atomic mass is 9.94. The summed E-state index contributed by atoms with van der Waals surface area (Å²) in [4.78, 5) is 15.8. The van der Waals surface area contributed by atoms with Gasteiger partial charge in [0, 0.05) is 39.0 Å². The van der Waals surface area contributed by atoms with Gasteiger partial charge in [0.1, 0.15) is 5.69 Å². The van der Waals surface area contributed by atoms with Crippen LogP contribution in [0.2, 0.25) is 0 Å². The molecule has 1 aliphatic heterocycles. The van der Waals surface area contributed by atoms with Crippen molar-refractivity contribution in [3.8, 4) is 28.5 Å². The summed E-state index contributed by atoms with van der Waals surface area (Å²) >= 11 is 1.70. The highest BCUT2D eigenvalue weighted by molar-refractivity contribution is 7.10. The van der Waals surface area contributed by atoms with Crippen LogP contribution in [0.4, 0.5) is 5.69 Å². The van der Waals surface area contributed by atoms with E-state index in [0.717, 1.165) is 38.9 Å². The third-order valence-corrected chi connectivity index (χ3v) is 6.47. The van der Waals surface area contributed by atoms with Crippen LogP contribution < -0.4 is 5.73 Å². The van der Waals surface area contributed by atoms with Gasteiger partial charge in [0.2, 0.25) is 0 Å². The standard InChI is InChI=1S/C24H19N5OS.2C2H6/c1-13(9-25)10-29-11-19-17(4-5-20(26)22(19)24(29)30)15-3-6-21-18(8-15)23(28-27-21)16-7-14(2)31-12-16;2*1-2/h3-8,12H,1,10-11,26H2,2H3,(H,27,28);2*1-2H3. The third-order valence-electron chi connectivity index (χ3n) is 5.61. The van der Waals surface area contributed by atoms with Gasteiger partial charge in [-0.05, 0) is 47.9 Å². The zero-order valence-electron chi connectivity index (χ0n) is 20.9. The number of thiophene rings is 1. The molecular formula is C28H31N5OS. The molecule has 35 heavy (non-hydrogen) atoms. The molecule has 2 aromatic carbocycles. The largest absolute Gasteiger partial charge is 0.398 e. The van der Waals surface area contributed by atoms with Crippen molar-refractivity contribution >= 4 is 33.8 Å². The number of fused-ring (bicyclic) bond motifs is 2. The van der Waals surface area contributed by atoms with Gasteiger partial charge in [-0.15, -0.1) is 11.3 Å². The van der Waals surface area contributed by atoms with Gasteiger partial charge in [-0.2, -0.15) is 10.4 Å². The van der Waals surface area contributed by atoms with Crippen molar-refractivity contribution in [2.75, 3.05) is 12.3 Å². The third kappa shape index (κ3) is 4.84. The molecule has 0 unspecified atom stereocenters. The van der Waals surface area contributed by atoms with Gasteiger partial charge in [-0.25, -0.2) is 0 Å². The van der Waals surface area contributed by atoms with Crippen LogP contribution in [0.15, 0.2) is 53.9 Å². The van der Waals surface area contributed by atoms with E-state index < -0.39 is 0 Å². The van der Waals surface area contributed by atoms with E-state index in [1.165, 1.54) is 4.88 Å². The predicted molar refractivity (Wildman–Crippen MR) is 146 cm³/mol. The van der Waals surface area contributed by atoms with Crippen LogP contribution in [0.25, 0.3) is 33.3 Å². The second kappa shape index (κ2) is 11.0. The first-order chi connectivity index (χ1) is 17.0. The number of nitrogens with two attached hydrogens (primary N) is 1. The summed E-state index contributed by atoms with van der Waals surface area (Å²) in [6.07, 6.45) is 0. The van der Waals surface area contributed by atoms with Crippen molar-refractivity contribution < 1.29 is 4.79 Å². The fourth-order valence-corrected chi connectivity index (χ4v) is 4.82. The van der Waals surface area contributed by atoms with E-state index in [4.69, 9.17) is 11.0 Å². The van der Waals surface area contributed by atoms with E-state index in [1.54, 1.807) is 22.3 Å². The number of aromatic amines is 1. The number of hydrogen-bond donors (Lipinski definition) is 2. The van der Waals surface area contributed by atoms with Crippen LogP contribution in [0, 0.1) is 18.3 Å². The Balaban J connectivity index is 0.000000815. The highest BCUT2D eigenvalue weighted by Crippen LogP contribution is 2.38. The second-order valence-electron chi connectivity index (χ2n) is 7.71. The summed E-state index contributed by atoms with van der Waals surface area (Å²) in [5.74, 6) is -0.162. The number of nitrogens with one attached hydrogen (secondary N) is 1. The number of nitrogen functional groups attached to an aromatic ring is 1. The maximum atomic E-state index is 12.9. The van der Waals surface area contributed by atoms with Crippen molar-refractivity contribution in [1.82, 2.24) is 15.1 Å². The van der Waals surface area contributed by atoms with Gasteiger partial charge in [0.15, 0.2) is 0 Å². The molecule has 3 heterocycles. The molecule has 0 aliphatic carbocycles. The monoisotopic (exact) mass is 485 g/mol. The Hall–Kier alpha value is -3.89. The number of rotatable bonds is 4. The summed E-state index contributed by atoms with van der Waals surface area (Å²) in [7, 11) is 0. The molecule has 3 N–H and O–H groups in total. The van der Waals surface area contributed by atoms with Crippen molar-refractivity contribution in [3.63, 3.8) is 0 Å². The van der Waals surface area contributed by atoms with Crippen molar-refractivity contribution in [2.24, 2.45) is 0 Å². The quantitative estimate of drug-likeness (QED) is 0.242. The van der Waals surface area contributed by atoms with Crippen molar-refractivity contribution in [1.29, 1.82) is 5.26 Å². The van der Waals surface area contributed by atoms with E-state index in [9.17, 15) is 4.79 Å². The number of aryl methyl sites for hydroxylation is 1. The van der Waals surface area contributed by atoms with Gasteiger partial charge in [-0.3, -0.25) is 9.89 Å². The van der Waals surface area contributed by atoms with Crippen molar-refractivity contribution in [2.45, 2.75) is 41.2 Å². The molecule has 0 saturated carbocycles. The number of aromatic nitrogens is 2. The van der Waals surface area contributed by atoms with E-state index in [1.807, 2.05) is 52.0 Å². The van der Waals surface area contributed by atoms with Crippen LogP contribution >= 0.6 is 11.3 Å². The number of carbonyl (C=O) groups is 1. The lowest BCUT2D eigenvalue weighted by Gasteiger charge is -2.14. The zero-order chi connectivity index (χ0) is 25.7. The number of nitriles is 1. The molecule has 4 aromatic rings. The minimum absolute atomic E-state index is 0.162. The Morgan fingerprint density at radius 1 is 1.20 bits per heavy atom. The molecular weight excluding hydrogens is 454 g/mol. The minimum atomic E-state index is -0.162. The summed E-state index contributed by atoms with van der Waals surface area (Å²) in [6.45, 7) is 14.4. The normalized spacial score (nSPS) is 11.8. The number of hydrogen-bond acceptors (Lipinski definition) is 5. The number of benzene rings is 2. The Labute approximate surface area is 210 Å². The first kappa shape index (κ1) is 25.7. The number of nitrogens with zero attached hydrogens (tertiary/aromatic N) is 3. The number of carbonyl (C=O) groups excluding carboxylic acids is 1. The Morgan fingerprint density at radius 2 is 1.94 bits per heavy atom. The first-order valence-electron chi connectivity index (χ1n) is 11.8. The first-order valence-corrected chi connectivity index (χ1v) is 12.7. The lowest BCUT2D eigenvalue weighted by Crippen LogP contribution is -2.26. The Bertz CT molecular complexity index is 1420. The maximum absolute atomic E-state index is 12.9. The van der Waals surface area contributed by atoms with Crippen molar-refractivity contribution in [3.05, 3.63) is 69.9 Å². The van der Waals surface area contributed by atoms with Gasteiger partial charge >= 0.3 is 0 Å². The minimum Gasteiger partial charge on any atom is -0.398 e. The molecule has 2 aromatic heterocycles. The molecule has 1 amide bonds. The van der Waals surface area contributed by atoms with E-state index >= 15 is 0 Å². The molecule has 0 fully saturated rings. The topological polar surface area (TPSA) is 98.8 Å². The summed E-state index contributed by atoms with van der Waals surface area (Å²) < 4.78 is 0. The second-order valence-corrected chi connectivity index (χ2v) is 8.83.